The van der Waals surface area contributed by atoms with E-state index < -0.39 is 5.60 Å². The highest BCUT2D eigenvalue weighted by molar-refractivity contribution is 6.30. The number of amides is 1. The van der Waals surface area contributed by atoms with E-state index >= 15 is 0 Å². The maximum absolute atomic E-state index is 12.7. The number of anilines is 2. The summed E-state index contributed by atoms with van der Waals surface area (Å²) in [5, 5.41) is 12.4. The van der Waals surface area contributed by atoms with E-state index in [0.29, 0.717) is 22.1 Å². The summed E-state index contributed by atoms with van der Waals surface area (Å²) < 4.78 is 0. The minimum absolute atomic E-state index is 0.00956. The molecule has 2 aromatic rings. The molecular weight excluding hydrogens is 326 g/mol. The predicted octanol–water partition coefficient (Wildman–Crippen LogP) is 3.73. The Bertz CT molecular complexity index is 737. The number of nitrogens with one attached hydrogen (secondary N) is 1. The molecule has 2 N–H and O–H groups in total. The molecule has 0 bridgehead atoms. The van der Waals surface area contributed by atoms with E-state index in [2.05, 4.69) is 10.4 Å². The molecule has 1 fully saturated rings. The van der Waals surface area contributed by atoms with Gasteiger partial charge < -0.3 is 5.11 Å². The van der Waals surface area contributed by atoms with Crippen molar-refractivity contribution in [3.63, 3.8) is 0 Å². The van der Waals surface area contributed by atoms with Gasteiger partial charge in [-0.3, -0.25) is 10.2 Å². The van der Waals surface area contributed by atoms with E-state index in [-0.39, 0.29) is 11.8 Å². The molecule has 1 aliphatic rings. The SMILES string of the molecule is CC(C)(O)c1cccnc1NN(C(=O)C1CC1)c1ccc(Cl)cc1. The molecule has 126 valence electrons. The van der Waals surface area contributed by atoms with Gasteiger partial charge in [-0.2, -0.15) is 0 Å². The average Bonchev–Trinajstić information content (AvgIpc) is 3.37. The first-order valence-corrected chi connectivity index (χ1v) is 8.28. The number of aliphatic hydroxyl groups is 1. The van der Waals surface area contributed by atoms with Crippen molar-refractivity contribution in [3.05, 3.63) is 53.2 Å². The summed E-state index contributed by atoms with van der Waals surface area (Å²) in [5.41, 5.74) is 3.30. The highest BCUT2D eigenvalue weighted by Crippen LogP contribution is 2.34. The Morgan fingerprint density at radius 3 is 2.54 bits per heavy atom. The zero-order chi connectivity index (χ0) is 17.3. The molecule has 1 amide bonds. The number of rotatable bonds is 5. The molecule has 0 saturated heterocycles. The molecule has 0 radical (unpaired) electrons. The maximum Gasteiger partial charge on any atom is 0.248 e. The quantitative estimate of drug-likeness (QED) is 0.810. The second-order valence-electron chi connectivity index (χ2n) is 6.49. The zero-order valence-electron chi connectivity index (χ0n) is 13.7. The fourth-order valence-corrected chi connectivity index (χ4v) is 2.57. The van der Waals surface area contributed by atoms with E-state index in [1.165, 1.54) is 5.01 Å². The second-order valence-corrected chi connectivity index (χ2v) is 6.93. The lowest BCUT2D eigenvalue weighted by molar-refractivity contribution is -0.119. The minimum atomic E-state index is -1.08. The van der Waals surface area contributed by atoms with Crippen LogP contribution in [0, 0.1) is 5.92 Å². The molecule has 1 aromatic heterocycles. The van der Waals surface area contributed by atoms with E-state index in [1.54, 1.807) is 56.4 Å². The predicted molar refractivity (Wildman–Crippen MR) is 94.8 cm³/mol. The molecule has 0 atom stereocenters. The van der Waals surface area contributed by atoms with Crippen molar-refractivity contribution in [2.45, 2.75) is 32.3 Å². The summed E-state index contributed by atoms with van der Waals surface area (Å²) >= 11 is 5.95. The van der Waals surface area contributed by atoms with Gasteiger partial charge in [0.05, 0.1) is 11.3 Å². The third-order valence-corrected chi connectivity index (χ3v) is 4.17. The average molecular weight is 346 g/mol. The number of pyridine rings is 1. The summed E-state index contributed by atoms with van der Waals surface area (Å²) in [5.74, 6) is 0.473. The number of benzene rings is 1. The fourth-order valence-electron chi connectivity index (χ4n) is 2.44. The van der Waals surface area contributed by atoms with Crippen molar-refractivity contribution in [2.24, 2.45) is 5.92 Å². The van der Waals surface area contributed by atoms with Crippen molar-refractivity contribution in [3.8, 4) is 0 Å². The standard InChI is InChI=1S/C18H20ClN3O2/c1-18(2,24)15-4-3-11-20-16(15)21-22(17(23)12-5-6-12)14-9-7-13(19)8-10-14/h3-4,7-12,24H,5-6H2,1-2H3,(H,20,21). The molecule has 0 spiro atoms. The second kappa shape index (κ2) is 6.42. The summed E-state index contributed by atoms with van der Waals surface area (Å²) in [6.45, 7) is 3.37. The van der Waals surface area contributed by atoms with Gasteiger partial charge in [0, 0.05) is 22.7 Å². The smallest absolute Gasteiger partial charge is 0.248 e. The Labute approximate surface area is 146 Å². The molecule has 0 unspecified atom stereocenters. The summed E-state index contributed by atoms with van der Waals surface area (Å²) in [6.07, 6.45) is 3.41. The summed E-state index contributed by atoms with van der Waals surface area (Å²) in [7, 11) is 0. The highest BCUT2D eigenvalue weighted by Gasteiger charge is 2.35. The number of carbonyl (C=O) groups excluding carboxylic acids is 1. The molecule has 1 aromatic carbocycles. The van der Waals surface area contributed by atoms with Crippen molar-refractivity contribution in [2.75, 3.05) is 10.4 Å². The number of carbonyl (C=O) groups is 1. The van der Waals surface area contributed by atoms with Crippen LogP contribution in [0.1, 0.15) is 32.3 Å². The Morgan fingerprint density at radius 2 is 1.96 bits per heavy atom. The van der Waals surface area contributed by atoms with Gasteiger partial charge in [-0.05, 0) is 57.0 Å². The molecule has 6 heteroatoms. The number of hydrazine groups is 1. The van der Waals surface area contributed by atoms with Crippen molar-refractivity contribution in [1.29, 1.82) is 0 Å². The number of nitrogens with zero attached hydrogens (tertiary/aromatic N) is 2. The summed E-state index contributed by atoms with van der Waals surface area (Å²) in [6, 6.07) is 10.6. The van der Waals surface area contributed by atoms with Crippen molar-refractivity contribution >= 4 is 29.0 Å². The number of hydrogen-bond acceptors (Lipinski definition) is 4. The van der Waals surface area contributed by atoms with Crippen LogP contribution in [0.25, 0.3) is 0 Å². The third kappa shape index (κ3) is 3.68. The van der Waals surface area contributed by atoms with Gasteiger partial charge in [-0.1, -0.05) is 17.7 Å². The molecule has 5 nitrogen and oxygen atoms in total. The van der Waals surface area contributed by atoms with Gasteiger partial charge in [0.15, 0.2) is 5.82 Å². The van der Waals surface area contributed by atoms with Gasteiger partial charge in [-0.25, -0.2) is 9.99 Å². The number of halogens is 1. The molecule has 1 heterocycles. The van der Waals surface area contributed by atoms with E-state index in [9.17, 15) is 9.90 Å². The van der Waals surface area contributed by atoms with E-state index in [4.69, 9.17) is 11.6 Å². The van der Waals surface area contributed by atoms with Crippen LogP contribution < -0.4 is 10.4 Å². The van der Waals surface area contributed by atoms with Crippen LogP contribution in [-0.2, 0) is 10.4 Å². The Kier molecular flexibility index (Phi) is 4.47. The lowest BCUT2D eigenvalue weighted by Crippen LogP contribution is -2.38. The minimum Gasteiger partial charge on any atom is -0.386 e. The molecule has 1 saturated carbocycles. The van der Waals surface area contributed by atoms with Crippen LogP contribution in [0.2, 0.25) is 5.02 Å². The highest BCUT2D eigenvalue weighted by atomic mass is 35.5. The first-order chi connectivity index (χ1) is 11.4. The Balaban J connectivity index is 1.96. The maximum atomic E-state index is 12.7. The lowest BCUT2D eigenvalue weighted by Gasteiger charge is -2.27. The van der Waals surface area contributed by atoms with Crippen molar-refractivity contribution < 1.29 is 9.90 Å². The third-order valence-electron chi connectivity index (χ3n) is 3.92. The van der Waals surface area contributed by atoms with Crippen LogP contribution in [0.5, 0.6) is 0 Å². The Morgan fingerprint density at radius 1 is 1.29 bits per heavy atom. The van der Waals surface area contributed by atoms with Gasteiger partial charge in [-0.15, -0.1) is 0 Å². The van der Waals surface area contributed by atoms with Crippen LogP contribution in [0.3, 0.4) is 0 Å². The van der Waals surface area contributed by atoms with Gasteiger partial charge in [0.1, 0.15) is 0 Å². The largest absolute Gasteiger partial charge is 0.386 e. The lowest BCUT2D eigenvalue weighted by atomic mass is 9.99. The summed E-state index contributed by atoms with van der Waals surface area (Å²) in [4.78, 5) is 17.0. The first kappa shape index (κ1) is 16.7. The molecule has 0 aliphatic heterocycles. The number of hydrogen-bond donors (Lipinski definition) is 2. The van der Waals surface area contributed by atoms with Gasteiger partial charge >= 0.3 is 0 Å². The van der Waals surface area contributed by atoms with Crippen molar-refractivity contribution in [1.82, 2.24) is 4.98 Å². The topological polar surface area (TPSA) is 65.5 Å². The molecule has 3 rings (SSSR count). The van der Waals surface area contributed by atoms with Crippen LogP contribution >= 0.6 is 11.6 Å². The Hall–Kier alpha value is -2.11. The fraction of sp³-hybridized carbons (Fsp3) is 0.333. The van der Waals surface area contributed by atoms with E-state index in [0.717, 1.165) is 12.8 Å². The van der Waals surface area contributed by atoms with Crippen LogP contribution in [0.4, 0.5) is 11.5 Å². The van der Waals surface area contributed by atoms with Gasteiger partial charge in [0.25, 0.3) is 0 Å². The number of aromatic nitrogens is 1. The van der Waals surface area contributed by atoms with E-state index in [1.807, 2.05) is 0 Å². The van der Waals surface area contributed by atoms with Crippen LogP contribution in [-0.4, -0.2) is 16.0 Å². The first-order valence-electron chi connectivity index (χ1n) is 7.90. The monoisotopic (exact) mass is 345 g/mol. The molecule has 1 aliphatic carbocycles. The van der Waals surface area contributed by atoms with Gasteiger partial charge in [0.2, 0.25) is 5.91 Å². The van der Waals surface area contributed by atoms with Crippen LogP contribution in [0.15, 0.2) is 42.6 Å². The molecular formula is C18H20ClN3O2. The normalized spacial score (nSPS) is 14.3. The molecule has 24 heavy (non-hydrogen) atoms. The zero-order valence-corrected chi connectivity index (χ0v) is 14.4.